The van der Waals surface area contributed by atoms with Crippen LogP contribution < -0.4 is 4.90 Å². The van der Waals surface area contributed by atoms with Crippen LogP contribution in [0.3, 0.4) is 0 Å². The Labute approximate surface area is 165 Å². The van der Waals surface area contributed by atoms with E-state index >= 15 is 0 Å². The number of aryl methyl sites for hydroxylation is 1. The first-order valence-corrected chi connectivity index (χ1v) is 9.33. The van der Waals surface area contributed by atoms with Crippen molar-refractivity contribution in [2.75, 3.05) is 11.4 Å². The highest BCUT2D eigenvalue weighted by atomic mass is 35.5. The minimum Gasteiger partial charge on any atom is -0.443 e. The van der Waals surface area contributed by atoms with Crippen molar-refractivity contribution >= 4 is 44.9 Å². The summed E-state index contributed by atoms with van der Waals surface area (Å²) in [5.74, 6) is 0. The van der Waals surface area contributed by atoms with Gasteiger partial charge in [0.15, 0.2) is 0 Å². The number of amides is 1. The number of carbonyl (C=O) groups is 1. The monoisotopic (exact) mass is 381 g/mol. The van der Waals surface area contributed by atoms with E-state index in [1.54, 1.807) is 11.0 Å². The normalized spacial score (nSPS) is 11.6. The molecule has 0 aliphatic carbocycles. The summed E-state index contributed by atoms with van der Waals surface area (Å²) in [6.07, 6.45) is 1.30. The molecule has 0 atom stereocenters. The van der Waals surface area contributed by atoms with Crippen LogP contribution in [0.5, 0.6) is 0 Å². The van der Waals surface area contributed by atoms with Gasteiger partial charge in [0.1, 0.15) is 5.60 Å². The van der Waals surface area contributed by atoms with Crippen molar-refractivity contribution < 1.29 is 9.53 Å². The molecule has 3 aromatic rings. The highest BCUT2D eigenvalue weighted by Gasteiger charge is 2.26. The molecule has 0 saturated heterocycles. The molecule has 27 heavy (non-hydrogen) atoms. The maximum Gasteiger partial charge on any atom is 0.415 e. The number of fused-ring (bicyclic) bond motifs is 2. The average molecular weight is 382 g/mol. The summed E-state index contributed by atoms with van der Waals surface area (Å²) in [4.78, 5) is 14.7. The fourth-order valence-electron chi connectivity index (χ4n) is 3.31. The fourth-order valence-corrected chi connectivity index (χ4v) is 3.73. The molecule has 0 aliphatic heterocycles. The van der Waals surface area contributed by atoms with Gasteiger partial charge in [-0.15, -0.1) is 6.58 Å². The largest absolute Gasteiger partial charge is 0.443 e. The topological polar surface area (TPSA) is 29.5 Å². The Bertz CT molecular complexity index is 1030. The van der Waals surface area contributed by atoms with E-state index in [1.165, 1.54) is 0 Å². The van der Waals surface area contributed by atoms with E-state index in [2.05, 4.69) is 6.58 Å². The van der Waals surface area contributed by atoms with Crippen LogP contribution in [0.15, 0.2) is 55.1 Å². The maximum atomic E-state index is 13.0. The third-order valence-corrected chi connectivity index (χ3v) is 4.75. The van der Waals surface area contributed by atoms with Crippen molar-refractivity contribution in [1.82, 2.24) is 0 Å². The third kappa shape index (κ3) is 3.65. The van der Waals surface area contributed by atoms with Crippen LogP contribution in [0.25, 0.3) is 21.5 Å². The molecule has 0 bridgehead atoms. The van der Waals surface area contributed by atoms with E-state index in [9.17, 15) is 4.79 Å². The molecule has 0 aromatic heterocycles. The van der Waals surface area contributed by atoms with Crippen LogP contribution in [0.4, 0.5) is 10.5 Å². The van der Waals surface area contributed by atoms with Crippen LogP contribution >= 0.6 is 11.6 Å². The molecule has 0 N–H and O–H groups in total. The standard InChI is InChI=1S/C23H24ClNO2/c1-6-14-25(22(26)27-23(3,4)5)21-17-12-8-7-11-16(17)20(24)19-15(2)10-9-13-18(19)21/h6-13H,1,14H2,2-5H3. The lowest BCUT2D eigenvalue weighted by Crippen LogP contribution is -2.37. The smallest absolute Gasteiger partial charge is 0.415 e. The SMILES string of the molecule is C=CCN(C(=O)OC(C)(C)C)c1c2ccccc2c(Cl)c2c(C)cccc12. The first-order valence-electron chi connectivity index (χ1n) is 8.95. The second-order valence-electron chi connectivity index (χ2n) is 7.59. The van der Waals surface area contributed by atoms with E-state index in [0.717, 1.165) is 32.8 Å². The van der Waals surface area contributed by atoms with E-state index in [0.29, 0.717) is 11.6 Å². The number of anilines is 1. The predicted octanol–water partition coefficient (Wildman–Crippen LogP) is 6.88. The zero-order valence-corrected chi connectivity index (χ0v) is 16.9. The first-order chi connectivity index (χ1) is 12.7. The number of rotatable bonds is 3. The average Bonchev–Trinajstić information content (AvgIpc) is 2.59. The Balaban J connectivity index is 2.38. The van der Waals surface area contributed by atoms with E-state index in [-0.39, 0.29) is 0 Å². The summed E-state index contributed by atoms with van der Waals surface area (Å²) in [7, 11) is 0. The Morgan fingerprint density at radius 3 is 2.37 bits per heavy atom. The molecule has 0 spiro atoms. The van der Waals surface area contributed by atoms with Gasteiger partial charge in [-0.3, -0.25) is 4.90 Å². The summed E-state index contributed by atoms with van der Waals surface area (Å²) >= 11 is 6.76. The van der Waals surface area contributed by atoms with Crippen molar-refractivity contribution in [1.29, 1.82) is 0 Å². The van der Waals surface area contributed by atoms with Crippen LogP contribution in [-0.2, 0) is 4.74 Å². The Morgan fingerprint density at radius 2 is 1.74 bits per heavy atom. The van der Waals surface area contributed by atoms with E-state index in [1.807, 2.05) is 70.2 Å². The van der Waals surface area contributed by atoms with Gasteiger partial charge in [0, 0.05) is 28.1 Å². The number of halogens is 1. The Kier molecular flexibility index (Phi) is 5.16. The molecule has 0 radical (unpaired) electrons. The fraction of sp³-hybridized carbons (Fsp3) is 0.261. The summed E-state index contributed by atoms with van der Waals surface area (Å²) in [5, 5.41) is 4.39. The van der Waals surface area contributed by atoms with Gasteiger partial charge in [-0.1, -0.05) is 60.1 Å². The summed E-state index contributed by atoms with van der Waals surface area (Å²) in [6.45, 7) is 11.8. The molecular weight excluding hydrogens is 358 g/mol. The molecule has 3 aromatic carbocycles. The number of ether oxygens (including phenoxy) is 1. The van der Waals surface area contributed by atoms with Crippen molar-refractivity contribution in [3.8, 4) is 0 Å². The quantitative estimate of drug-likeness (QED) is 0.365. The highest BCUT2D eigenvalue weighted by Crippen LogP contribution is 2.42. The summed E-state index contributed by atoms with van der Waals surface area (Å²) < 4.78 is 5.67. The zero-order chi connectivity index (χ0) is 19.8. The van der Waals surface area contributed by atoms with Gasteiger partial charge in [-0.25, -0.2) is 4.79 Å². The lowest BCUT2D eigenvalue weighted by Gasteiger charge is -2.29. The second-order valence-corrected chi connectivity index (χ2v) is 7.96. The van der Waals surface area contributed by atoms with Gasteiger partial charge in [-0.2, -0.15) is 0 Å². The Morgan fingerprint density at radius 1 is 1.11 bits per heavy atom. The van der Waals surface area contributed by atoms with Gasteiger partial charge >= 0.3 is 6.09 Å². The number of carbonyl (C=O) groups excluding carboxylic acids is 1. The predicted molar refractivity (Wildman–Crippen MR) is 115 cm³/mol. The van der Waals surface area contributed by atoms with Crippen LogP contribution in [-0.4, -0.2) is 18.2 Å². The van der Waals surface area contributed by atoms with E-state index in [4.69, 9.17) is 16.3 Å². The molecule has 3 nitrogen and oxygen atoms in total. The molecule has 0 fully saturated rings. The number of benzene rings is 3. The van der Waals surface area contributed by atoms with Crippen molar-refractivity contribution in [2.45, 2.75) is 33.3 Å². The Hall–Kier alpha value is -2.52. The van der Waals surface area contributed by atoms with Gasteiger partial charge in [0.2, 0.25) is 0 Å². The van der Waals surface area contributed by atoms with Crippen LogP contribution in [0.1, 0.15) is 26.3 Å². The lowest BCUT2D eigenvalue weighted by atomic mass is 9.97. The van der Waals surface area contributed by atoms with Gasteiger partial charge in [-0.05, 0) is 33.3 Å². The van der Waals surface area contributed by atoms with Gasteiger partial charge in [0.25, 0.3) is 0 Å². The molecule has 0 saturated carbocycles. The molecule has 0 heterocycles. The molecule has 0 aliphatic rings. The van der Waals surface area contributed by atoms with E-state index < -0.39 is 11.7 Å². The third-order valence-electron chi connectivity index (χ3n) is 4.36. The minimum absolute atomic E-state index is 0.337. The number of hydrogen-bond donors (Lipinski definition) is 0. The van der Waals surface area contributed by atoms with Crippen molar-refractivity contribution in [2.24, 2.45) is 0 Å². The lowest BCUT2D eigenvalue weighted by molar-refractivity contribution is 0.0585. The molecule has 3 rings (SSSR count). The number of nitrogens with zero attached hydrogens (tertiary/aromatic N) is 1. The second kappa shape index (κ2) is 7.24. The van der Waals surface area contributed by atoms with Crippen molar-refractivity contribution in [3.63, 3.8) is 0 Å². The molecule has 140 valence electrons. The zero-order valence-electron chi connectivity index (χ0n) is 16.2. The highest BCUT2D eigenvalue weighted by molar-refractivity contribution is 6.42. The van der Waals surface area contributed by atoms with Crippen LogP contribution in [0, 0.1) is 6.92 Å². The van der Waals surface area contributed by atoms with Crippen LogP contribution in [0.2, 0.25) is 5.02 Å². The summed E-state index contributed by atoms with van der Waals surface area (Å²) in [5.41, 5.74) is 1.26. The maximum absolute atomic E-state index is 13.0. The molecular formula is C23H24ClNO2. The molecule has 0 unspecified atom stereocenters. The summed E-state index contributed by atoms with van der Waals surface area (Å²) in [6, 6.07) is 13.9. The minimum atomic E-state index is -0.593. The first kappa shape index (κ1) is 19.2. The molecule has 4 heteroatoms. The van der Waals surface area contributed by atoms with Gasteiger partial charge in [0.05, 0.1) is 10.7 Å². The number of hydrogen-bond acceptors (Lipinski definition) is 2. The van der Waals surface area contributed by atoms with Crippen molar-refractivity contribution in [3.05, 3.63) is 65.7 Å². The van der Waals surface area contributed by atoms with Gasteiger partial charge < -0.3 is 4.74 Å². The molecule has 1 amide bonds.